The molecule has 4 nitrogen and oxygen atoms in total. The molecule has 0 radical (unpaired) electrons. The first-order chi connectivity index (χ1) is 11.8. The van der Waals surface area contributed by atoms with E-state index in [4.69, 9.17) is 0 Å². The number of hydrogen-bond acceptors (Lipinski definition) is 4. The number of phenolic OH excluding ortho intramolecular Hbond substituents is 1. The van der Waals surface area contributed by atoms with E-state index in [-0.39, 0.29) is 11.7 Å². The molecule has 1 saturated heterocycles. The predicted molar refractivity (Wildman–Crippen MR) is 112 cm³/mol. The van der Waals surface area contributed by atoms with Crippen LogP contribution in [0.3, 0.4) is 0 Å². The summed E-state index contributed by atoms with van der Waals surface area (Å²) in [6, 6.07) is 11.4. The smallest absolute Gasteiger partial charge is 0.266 e. The highest BCUT2D eigenvalue weighted by Crippen LogP contribution is 2.34. The van der Waals surface area contributed by atoms with Gasteiger partial charge in [0.2, 0.25) is 0 Å². The van der Waals surface area contributed by atoms with Crippen LogP contribution in [0.4, 0.5) is 5.69 Å². The summed E-state index contributed by atoms with van der Waals surface area (Å²) in [5.41, 5.74) is 4.01. The van der Waals surface area contributed by atoms with Gasteiger partial charge in [-0.15, -0.1) is 0 Å². The lowest BCUT2D eigenvalue weighted by Gasteiger charge is -2.08. The second-order valence-electron chi connectivity index (χ2n) is 5.93. The van der Waals surface area contributed by atoms with Crippen LogP contribution in [0.5, 0.6) is 5.75 Å². The highest BCUT2D eigenvalue weighted by Gasteiger charge is 2.30. The van der Waals surface area contributed by atoms with Crippen LogP contribution >= 0.6 is 34.4 Å². The molecule has 25 heavy (non-hydrogen) atoms. The van der Waals surface area contributed by atoms with E-state index in [0.717, 1.165) is 25.9 Å². The number of amides is 1. The van der Waals surface area contributed by atoms with Crippen LogP contribution in [0.2, 0.25) is 0 Å². The number of benzene rings is 2. The summed E-state index contributed by atoms with van der Waals surface area (Å²) in [6.07, 6.45) is 1.83. The molecule has 0 spiro atoms. The first-order valence-corrected chi connectivity index (χ1v) is 9.56. The van der Waals surface area contributed by atoms with Crippen molar-refractivity contribution in [3.05, 3.63) is 61.6 Å². The van der Waals surface area contributed by atoms with E-state index in [2.05, 4.69) is 33.6 Å². The van der Waals surface area contributed by atoms with Crippen molar-refractivity contribution in [3.8, 4) is 5.75 Å². The number of amidine groups is 1. The zero-order valence-corrected chi connectivity index (χ0v) is 17.1. The molecule has 2 aromatic rings. The van der Waals surface area contributed by atoms with Crippen molar-refractivity contribution in [2.45, 2.75) is 13.8 Å². The van der Waals surface area contributed by atoms with Gasteiger partial charge in [0.05, 0.1) is 14.2 Å². The Hall–Kier alpha value is -1.80. The molecule has 1 amide bonds. The van der Waals surface area contributed by atoms with E-state index >= 15 is 0 Å². The third-order valence-electron chi connectivity index (χ3n) is 3.70. The number of carbonyl (C=O) groups excluding carboxylic acids is 1. The summed E-state index contributed by atoms with van der Waals surface area (Å²) in [5.74, 6) is 0.165. The fourth-order valence-electron chi connectivity index (χ4n) is 2.54. The van der Waals surface area contributed by atoms with Crippen LogP contribution in [0, 0.1) is 17.4 Å². The van der Waals surface area contributed by atoms with Crippen molar-refractivity contribution in [2.24, 2.45) is 4.99 Å². The number of aromatic hydroxyl groups is 1. The standard InChI is InChI=1S/C19H17IN2O2S/c1-11-6-12(2)8-14(7-11)21-19-22(3)18(24)17(25-19)10-13-4-5-16(23)15(20)9-13/h4-10,23H,1-3H3/b17-10-,21-19?. The zero-order valence-electron chi connectivity index (χ0n) is 14.1. The van der Waals surface area contributed by atoms with E-state index in [0.29, 0.717) is 10.1 Å². The van der Waals surface area contributed by atoms with Crippen LogP contribution in [0.1, 0.15) is 16.7 Å². The third kappa shape index (κ3) is 4.07. The number of phenols is 1. The molecular formula is C19H17IN2O2S. The molecule has 3 rings (SSSR count). The number of rotatable bonds is 2. The van der Waals surface area contributed by atoms with Gasteiger partial charge in [-0.05, 0) is 95.2 Å². The van der Waals surface area contributed by atoms with Gasteiger partial charge in [0.15, 0.2) is 5.17 Å². The van der Waals surface area contributed by atoms with Crippen LogP contribution in [-0.4, -0.2) is 28.1 Å². The number of thioether (sulfide) groups is 1. The van der Waals surface area contributed by atoms with E-state index in [1.165, 1.54) is 11.8 Å². The fourth-order valence-corrected chi connectivity index (χ4v) is 4.07. The third-order valence-corrected chi connectivity index (χ3v) is 5.63. The molecule has 1 heterocycles. The lowest BCUT2D eigenvalue weighted by atomic mass is 10.1. The van der Waals surface area contributed by atoms with E-state index in [1.807, 2.05) is 38.1 Å². The SMILES string of the molecule is Cc1cc(C)cc(N=C2S/C(=C\c3ccc(O)c(I)c3)C(=O)N2C)c1. The summed E-state index contributed by atoms with van der Waals surface area (Å²) >= 11 is 3.43. The van der Waals surface area contributed by atoms with Crippen molar-refractivity contribution in [1.29, 1.82) is 0 Å². The molecule has 0 bridgehead atoms. The van der Waals surface area contributed by atoms with Crippen LogP contribution in [0.15, 0.2) is 46.3 Å². The molecule has 1 aliphatic heterocycles. The molecule has 2 aromatic carbocycles. The summed E-state index contributed by atoms with van der Waals surface area (Å²) in [5, 5.41) is 10.3. The van der Waals surface area contributed by atoms with Crippen molar-refractivity contribution in [1.82, 2.24) is 4.90 Å². The fraction of sp³-hybridized carbons (Fsp3) is 0.158. The van der Waals surface area contributed by atoms with Gasteiger partial charge >= 0.3 is 0 Å². The number of nitrogens with zero attached hydrogens (tertiary/aromatic N) is 2. The van der Waals surface area contributed by atoms with Gasteiger partial charge in [0.1, 0.15) is 5.75 Å². The Labute approximate surface area is 164 Å². The first kappa shape index (κ1) is 18.0. The zero-order chi connectivity index (χ0) is 18.1. The Morgan fingerprint density at radius 1 is 1.16 bits per heavy atom. The van der Waals surface area contributed by atoms with E-state index in [1.54, 1.807) is 24.1 Å². The number of hydrogen-bond donors (Lipinski definition) is 1. The average Bonchev–Trinajstić information content (AvgIpc) is 2.78. The number of aliphatic imine (C=N–C) groups is 1. The molecule has 1 aliphatic rings. The minimum atomic E-state index is -0.0730. The molecule has 6 heteroatoms. The van der Waals surface area contributed by atoms with Gasteiger partial charge in [0.25, 0.3) is 5.91 Å². The molecule has 0 saturated carbocycles. The van der Waals surface area contributed by atoms with Crippen molar-refractivity contribution >= 4 is 57.2 Å². The number of carbonyl (C=O) groups is 1. The molecule has 128 valence electrons. The van der Waals surface area contributed by atoms with Crippen LogP contribution < -0.4 is 0 Å². The first-order valence-electron chi connectivity index (χ1n) is 7.66. The second kappa shape index (κ2) is 7.21. The molecule has 0 atom stereocenters. The Morgan fingerprint density at radius 2 is 1.84 bits per heavy atom. The summed E-state index contributed by atoms with van der Waals surface area (Å²) < 4.78 is 0.750. The van der Waals surface area contributed by atoms with Gasteiger partial charge in [-0.3, -0.25) is 9.69 Å². The second-order valence-corrected chi connectivity index (χ2v) is 8.10. The maximum Gasteiger partial charge on any atom is 0.266 e. The normalized spacial score (nSPS) is 17.8. The largest absolute Gasteiger partial charge is 0.507 e. The number of aryl methyl sites for hydroxylation is 2. The maximum absolute atomic E-state index is 12.5. The molecule has 0 aliphatic carbocycles. The van der Waals surface area contributed by atoms with Crippen molar-refractivity contribution < 1.29 is 9.90 Å². The average molecular weight is 464 g/mol. The van der Waals surface area contributed by atoms with Gasteiger partial charge in [-0.1, -0.05) is 12.1 Å². The van der Waals surface area contributed by atoms with E-state index < -0.39 is 0 Å². The number of halogens is 1. The lowest BCUT2D eigenvalue weighted by Crippen LogP contribution is -2.23. The molecule has 1 N–H and O–H groups in total. The predicted octanol–water partition coefficient (Wildman–Crippen LogP) is 4.85. The minimum Gasteiger partial charge on any atom is -0.507 e. The topological polar surface area (TPSA) is 52.9 Å². The van der Waals surface area contributed by atoms with E-state index in [9.17, 15) is 9.90 Å². The van der Waals surface area contributed by atoms with Crippen LogP contribution in [-0.2, 0) is 4.79 Å². The van der Waals surface area contributed by atoms with Gasteiger partial charge in [0, 0.05) is 7.05 Å². The molecule has 1 fully saturated rings. The van der Waals surface area contributed by atoms with Crippen molar-refractivity contribution in [3.63, 3.8) is 0 Å². The summed E-state index contributed by atoms with van der Waals surface area (Å²) in [4.78, 5) is 19.3. The summed E-state index contributed by atoms with van der Waals surface area (Å²) in [7, 11) is 1.73. The quantitative estimate of drug-likeness (QED) is 0.511. The van der Waals surface area contributed by atoms with Gasteiger partial charge in [-0.25, -0.2) is 4.99 Å². The van der Waals surface area contributed by atoms with Gasteiger partial charge in [-0.2, -0.15) is 0 Å². The Balaban J connectivity index is 1.92. The van der Waals surface area contributed by atoms with Crippen LogP contribution in [0.25, 0.3) is 6.08 Å². The molecular weight excluding hydrogens is 447 g/mol. The molecule has 0 aromatic heterocycles. The summed E-state index contributed by atoms with van der Waals surface area (Å²) in [6.45, 7) is 4.07. The van der Waals surface area contributed by atoms with Gasteiger partial charge < -0.3 is 5.11 Å². The number of likely N-dealkylation sites (N-methyl/N-ethyl adjacent to an activating group) is 1. The monoisotopic (exact) mass is 464 g/mol. The maximum atomic E-state index is 12.5. The van der Waals surface area contributed by atoms with Crippen molar-refractivity contribution in [2.75, 3.05) is 7.05 Å². The Bertz CT molecular complexity index is 901. The molecule has 0 unspecified atom stereocenters. The highest BCUT2D eigenvalue weighted by atomic mass is 127. The Kier molecular flexibility index (Phi) is 5.19. The highest BCUT2D eigenvalue weighted by molar-refractivity contribution is 14.1. The minimum absolute atomic E-state index is 0.0730. The lowest BCUT2D eigenvalue weighted by molar-refractivity contribution is -0.121. The Morgan fingerprint density at radius 3 is 2.48 bits per heavy atom.